The van der Waals surface area contributed by atoms with Gasteiger partial charge in [-0.1, -0.05) is 0 Å². The minimum Gasteiger partial charge on any atom is -0.341 e. The number of hydrogen-bond donors (Lipinski definition) is 1. The largest absolute Gasteiger partial charge is 0.341 e. The van der Waals surface area contributed by atoms with E-state index in [2.05, 4.69) is 6.92 Å². The highest BCUT2D eigenvalue weighted by Gasteiger charge is 2.33. The Morgan fingerprint density at radius 2 is 2.20 bits per heavy atom. The first-order valence-corrected chi connectivity index (χ1v) is 6.98. The van der Waals surface area contributed by atoms with Gasteiger partial charge in [0.2, 0.25) is 5.91 Å². The predicted molar refractivity (Wildman–Crippen MR) is 65.9 cm³/mol. The average Bonchev–Trinajstić information content (AvgIpc) is 3.06. The lowest BCUT2D eigenvalue weighted by atomic mass is 10.1. The molecule has 0 aromatic carbocycles. The molecular formula is C11H22N2OS. The smallest absolute Gasteiger partial charge is 0.239 e. The van der Waals surface area contributed by atoms with Gasteiger partial charge in [-0.3, -0.25) is 4.79 Å². The number of carbonyl (C=O) groups is 1. The van der Waals surface area contributed by atoms with E-state index in [1.807, 2.05) is 18.2 Å². The highest BCUT2D eigenvalue weighted by atomic mass is 32.2. The molecule has 0 aromatic rings. The molecule has 1 amide bonds. The maximum Gasteiger partial charge on any atom is 0.239 e. The zero-order chi connectivity index (χ0) is 11.4. The number of amides is 1. The van der Waals surface area contributed by atoms with Crippen molar-refractivity contribution in [3.8, 4) is 0 Å². The van der Waals surface area contributed by atoms with Gasteiger partial charge in [-0.05, 0) is 44.1 Å². The second kappa shape index (κ2) is 5.75. The molecule has 1 saturated carbocycles. The van der Waals surface area contributed by atoms with Crippen molar-refractivity contribution in [2.75, 3.05) is 19.1 Å². The van der Waals surface area contributed by atoms with E-state index < -0.39 is 0 Å². The Kier molecular flexibility index (Phi) is 4.93. The van der Waals surface area contributed by atoms with Crippen LogP contribution in [0.2, 0.25) is 0 Å². The molecule has 0 bridgehead atoms. The summed E-state index contributed by atoms with van der Waals surface area (Å²) < 4.78 is 0. The molecule has 0 spiro atoms. The fraction of sp³-hybridized carbons (Fsp3) is 0.909. The van der Waals surface area contributed by atoms with Crippen molar-refractivity contribution in [1.29, 1.82) is 0 Å². The van der Waals surface area contributed by atoms with Crippen molar-refractivity contribution in [2.24, 2.45) is 11.7 Å². The number of nitrogens with two attached hydrogens (primary N) is 1. The van der Waals surface area contributed by atoms with Gasteiger partial charge in [-0.15, -0.1) is 0 Å². The third kappa shape index (κ3) is 3.68. The summed E-state index contributed by atoms with van der Waals surface area (Å²) in [4.78, 5) is 13.8. The maximum absolute atomic E-state index is 11.9. The number of rotatable bonds is 6. The summed E-state index contributed by atoms with van der Waals surface area (Å²) in [5.41, 5.74) is 5.86. The minimum atomic E-state index is -0.316. The monoisotopic (exact) mass is 230 g/mol. The van der Waals surface area contributed by atoms with Crippen LogP contribution in [0.3, 0.4) is 0 Å². The molecule has 2 N–H and O–H groups in total. The molecule has 0 heterocycles. The van der Waals surface area contributed by atoms with Crippen LogP contribution in [0, 0.1) is 5.92 Å². The molecule has 0 aromatic heterocycles. The van der Waals surface area contributed by atoms with Gasteiger partial charge in [0.25, 0.3) is 0 Å². The van der Waals surface area contributed by atoms with Crippen LogP contribution in [-0.4, -0.2) is 41.9 Å². The summed E-state index contributed by atoms with van der Waals surface area (Å²) in [6.07, 6.45) is 5.34. The highest BCUT2D eigenvalue weighted by Crippen LogP contribution is 2.34. The molecule has 0 radical (unpaired) electrons. The lowest BCUT2D eigenvalue weighted by Gasteiger charge is -2.27. The fourth-order valence-corrected chi connectivity index (χ4v) is 2.22. The summed E-state index contributed by atoms with van der Waals surface area (Å²) in [5.74, 6) is 1.77. The Labute approximate surface area is 96.8 Å². The van der Waals surface area contributed by atoms with E-state index >= 15 is 0 Å². The second-order valence-electron chi connectivity index (χ2n) is 4.42. The van der Waals surface area contributed by atoms with Crippen molar-refractivity contribution >= 4 is 17.7 Å². The number of thioether (sulfide) groups is 1. The molecule has 2 atom stereocenters. The van der Waals surface area contributed by atoms with E-state index in [1.165, 1.54) is 12.8 Å². The average molecular weight is 230 g/mol. The van der Waals surface area contributed by atoms with Gasteiger partial charge in [0.15, 0.2) is 0 Å². The summed E-state index contributed by atoms with van der Waals surface area (Å²) in [6.45, 7) is 2.12. The molecule has 0 saturated heterocycles. The molecular weight excluding hydrogens is 208 g/mol. The van der Waals surface area contributed by atoms with E-state index in [-0.39, 0.29) is 11.9 Å². The van der Waals surface area contributed by atoms with Gasteiger partial charge in [0.05, 0.1) is 6.04 Å². The van der Waals surface area contributed by atoms with Crippen molar-refractivity contribution < 1.29 is 4.79 Å². The predicted octanol–water partition coefficient (Wildman–Crippen LogP) is 1.32. The third-order valence-corrected chi connectivity index (χ3v) is 3.86. The Morgan fingerprint density at radius 1 is 1.60 bits per heavy atom. The van der Waals surface area contributed by atoms with Crippen molar-refractivity contribution in [1.82, 2.24) is 4.90 Å². The molecule has 1 unspecified atom stereocenters. The van der Waals surface area contributed by atoms with E-state index in [9.17, 15) is 4.79 Å². The second-order valence-corrected chi connectivity index (χ2v) is 5.40. The van der Waals surface area contributed by atoms with Gasteiger partial charge >= 0.3 is 0 Å². The van der Waals surface area contributed by atoms with Crippen LogP contribution < -0.4 is 5.73 Å². The molecule has 88 valence electrons. The first-order valence-electron chi connectivity index (χ1n) is 5.59. The Balaban J connectivity index is 2.36. The summed E-state index contributed by atoms with van der Waals surface area (Å²) in [6, 6.07) is 0.0430. The standard InChI is InChI=1S/C11H22N2OS/c1-8(9-4-5-9)13(2)11(14)10(12)6-7-15-3/h8-10H,4-7,12H2,1-3H3/t8?,10-/m0/s1. The van der Waals surface area contributed by atoms with Gasteiger partial charge < -0.3 is 10.6 Å². The van der Waals surface area contributed by atoms with Gasteiger partial charge in [0.1, 0.15) is 0 Å². The van der Waals surface area contributed by atoms with Crippen LogP contribution in [0.1, 0.15) is 26.2 Å². The highest BCUT2D eigenvalue weighted by molar-refractivity contribution is 7.98. The molecule has 15 heavy (non-hydrogen) atoms. The van der Waals surface area contributed by atoms with Gasteiger partial charge in [-0.2, -0.15) is 11.8 Å². The van der Waals surface area contributed by atoms with Crippen LogP contribution in [-0.2, 0) is 4.79 Å². The number of hydrogen-bond acceptors (Lipinski definition) is 3. The molecule has 4 heteroatoms. The number of likely N-dealkylation sites (N-methyl/N-ethyl adjacent to an activating group) is 1. The van der Waals surface area contributed by atoms with Crippen LogP contribution in [0.5, 0.6) is 0 Å². The van der Waals surface area contributed by atoms with Gasteiger partial charge in [-0.25, -0.2) is 0 Å². The lowest BCUT2D eigenvalue weighted by Crippen LogP contribution is -2.46. The first-order chi connectivity index (χ1) is 7.07. The third-order valence-electron chi connectivity index (χ3n) is 3.21. The Hall–Kier alpha value is -0.220. The molecule has 3 nitrogen and oxygen atoms in total. The van der Waals surface area contributed by atoms with E-state index in [0.29, 0.717) is 12.0 Å². The Bertz CT molecular complexity index is 219. The molecule has 0 aliphatic heterocycles. The van der Waals surface area contributed by atoms with Crippen LogP contribution >= 0.6 is 11.8 Å². The van der Waals surface area contributed by atoms with Crippen molar-refractivity contribution in [3.05, 3.63) is 0 Å². The van der Waals surface area contributed by atoms with Crippen LogP contribution in [0.25, 0.3) is 0 Å². The van der Waals surface area contributed by atoms with Crippen molar-refractivity contribution in [3.63, 3.8) is 0 Å². The first kappa shape index (κ1) is 12.8. The van der Waals surface area contributed by atoms with Crippen LogP contribution in [0.15, 0.2) is 0 Å². The summed E-state index contributed by atoms with van der Waals surface area (Å²) in [7, 11) is 1.88. The van der Waals surface area contributed by atoms with E-state index in [0.717, 1.165) is 12.2 Å². The Morgan fingerprint density at radius 3 is 2.67 bits per heavy atom. The van der Waals surface area contributed by atoms with Crippen LogP contribution in [0.4, 0.5) is 0 Å². The summed E-state index contributed by atoms with van der Waals surface area (Å²) in [5, 5.41) is 0. The zero-order valence-corrected chi connectivity index (χ0v) is 10.7. The topological polar surface area (TPSA) is 46.3 Å². The molecule has 1 aliphatic rings. The SMILES string of the molecule is CSCC[C@H](N)C(=O)N(C)C(C)C1CC1. The molecule has 1 fully saturated rings. The molecule has 1 rings (SSSR count). The normalized spacial score (nSPS) is 19.7. The summed E-state index contributed by atoms with van der Waals surface area (Å²) >= 11 is 1.74. The van der Waals surface area contributed by atoms with Gasteiger partial charge in [0, 0.05) is 13.1 Å². The minimum absolute atomic E-state index is 0.100. The zero-order valence-electron chi connectivity index (χ0n) is 9.90. The lowest BCUT2D eigenvalue weighted by molar-refractivity contribution is -0.133. The van der Waals surface area contributed by atoms with Crippen molar-refractivity contribution in [2.45, 2.75) is 38.3 Å². The number of nitrogens with zero attached hydrogens (tertiary/aromatic N) is 1. The quantitative estimate of drug-likeness (QED) is 0.748. The van der Waals surface area contributed by atoms with E-state index in [1.54, 1.807) is 11.8 Å². The molecule has 1 aliphatic carbocycles. The fourth-order valence-electron chi connectivity index (χ4n) is 1.73. The van der Waals surface area contributed by atoms with E-state index in [4.69, 9.17) is 5.73 Å². The maximum atomic E-state index is 11.9. The number of carbonyl (C=O) groups excluding carboxylic acids is 1.